The maximum atomic E-state index is 14.6. The first kappa shape index (κ1) is 24.5. The lowest BCUT2D eigenvalue weighted by Gasteiger charge is -2.65. The van der Waals surface area contributed by atoms with E-state index in [1.165, 1.54) is 0 Å². The minimum absolute atomic E-state index is 0.00174. The number of halogens is 1. The maximum absolute atomic E-state index is 14.6. The van der Waals surface area contributed by atoms with Gasteiger partial charge in [-0.1, -0.05) is 22.4 Å². The summed E-state index contributed by atoms with van der Waals surface area (Å²) < 4.78 is 25.7. The molecular weight excluding hydrogens is 525 g/mol. The van der Waals surface area contributed by atoms with Gasteiger partial charge in [-0.15, -0.1) is 0 Å². The Bertz CT molecular complexity index is 1530. The summed E-state index contributed by atoms with van der Waals surface area (Å²) in [5.41, 5.74) is -1.27. The summed E-state index contributed by atoms with van der Waals surface area (Å²) in [4.78, 5) is 25.4. The Morgan fingerprint density at radius 3 is 2.32 bits per heavy atom. The van der Waals surface area contributed by atoms with E-state index in [9.17, 15) is 14.3 Å². The molecule has 10 heteroatoms. The molecule has 9 nitrogen and oxygen atoms in total. The molecule has 3 aromatic rings. The number of hydrogen-bond donors (Lipinski definition) is 1. The van der Waals surface area contributed by atoms with Crippen LogP contribution in [0.4, 0.5) is 10.1 Å². The number of aromatic nitrogens is 4. The average molecular weight is 560 g/mol. The van der Waals surface area contributed by atoms with Gasteiger partial charge in [0.15, 0.2) is 5.82 Å². The largest absolute Gasteiger partial charge is 0.380 e. The highest BCUT2D eigenvalue weighted by Gasteiger charge is 2.73. The van der Waals surface area contributed by atoms with Crippen LogP contribution >= 0.6 is 0 Å². The van der Waals surface area contributed by atoms with E-state index in [1.807, 2.05) is 29.2 Å². The van der Waals surface area contributed by atoms with Crippen molar-refractivity contribution in [1.29, 1.82) is 0 Å². The van der Waals surface area contributed by atoms with E-state index in [2.05, 4.69) is 15.3 Å². The predicted molar refractivity (Wildman–Crippen MR) is 143 cm³/mol. The van der Waals surface area contributed by atoms with Crippen LogP contribution < -0.4 is 4.90 Å². The molecule has 41 heavy (non-hydrogen) atoms. The van der Waals surface area contributed by atoms with Gasteiger partial charge < -0.3 is 19.1 Å². The second-order valence-electron chi connectivity index (χ2n) is 14.4. The Labute approximate surface area is 236 Å². The summed E-state index contributed by atoms with van der Waals surface area (Å²) in [7, 11) is 0. The quantitative estimate of drug-likeness (QED) is 0.385. The van der Waals surface area contributed by atoms with Crippen molar-refractivity contribution in [1.82, 2.24) is 20.3 Å². The van der Waals surface area contributed by atoms with Crippen LogP contribution in [0.5, 0.6) is 0 Å². The molecule has 8 fully saturated rings. The molecule has 214 valence electrons. The number of aliphatic hydroxyl groups is 1. The fourth-order valence-electron chi connectivity index (χ4n) is 8.25. The maximum Gasteiger partial charge on any atom is 0.258 e. The molecule has 1 amide bonds. The number of hydrogen-bond acceptors (Lipinski definition) is 8. The van der Waals surface area contributed by atoms with Crippen LogP contribution in [0, 0.1) is 10.8 Å². The Kier molecular flexibility index (Phi) is 4.66. The molecule has 1 N–H and O–H groups in total. The summed E-state index contributed by atoms with van der Waals surface area (Å²) in [5, 5.41) is 18.8. The lowest BCUT2D eigenvalue weighted by Crippen LogP contribution is -2.71. The third kappa shape index (κ3) is 3.64. The number of fused-ring (bicyclic) bond motifs is 3. The molecule has 11 rings (SSSR count). The molecular formula is C31H34FN5O4. The number of amides is 1. The molecule has 0 unspecified atom stereocenters. The third-order valence-corrected chi connectivity index (χ3v) is 11.4. The fraction of sp³-hybridized carbons (Fsp3) is 0.645. The minimum atomic E-state index is -1.15. The molecule has 1 aromatic carbocycles. The summed E-state index contributed by atoms with van der Waals surface area (Å²) in [5.74, 6) is 2.83. The molecule has 8 aliphatic carbocycles. The van der Waals surface area contributed by atoms with Crippen molar-refractivity contribution in [3.05, 3.63) is 41.9 Å². The van der Waals surface area contributed by atoms with Crippen LogP contribution in [0.15, 0.2) is 33.3 Å². The molecule has 0 saturated heterocycles. The smallest absolute Gasteiger partial charge is 0.258 e. The topological polar surface area (TPSA) is 118 Å². The van der Waals surface area contributed by atoms with Crippen molar-refractivity contribution in [3.63, 3.8) is 0 Å². The summed E-state index contributed by atoms with van der Waals surface area (Å²) in [6.45, 7) is 0.612. The summed E-state index contributed by atoms with van der Waals surface area (Å²) in [6, 6.07) is 7.69. The van der Waals surface area contributed by atoms with Gasteiger partial charge in [0.25, 0.3) is 5.89 Å². The van der Waals surface area contributed by atoms with E-state index in [0.717, 1.165) is 74.3 Å². The van der Waals surface area contributed by atoms with Gasteiger partial charge in [0, 0.05) is 29.1 Å². The molecule has 0 spiro atoms. The standard InChI is InChI=1S/C31H34FN5O4/c32-30-15-29(16-30,17-30)26(38)37(21-3-1-2-20(14-21)23-34-25(41-36-23)31(39)12-13-31)18-27-6-9-28(10-7-27,11-8-27)24-33-22(35-40-24)19-4-5-19/h1-3,14,19,39H,4-13,15-18H2. The van der Waals surface area contributed by atoms with Gasteiger partial charge in [-0.3, -0.25) is 4.79 Å². The van der Waals surface area contributed by atoms with Gasteiger partial charge in [0.1, 0.15) is 11.3 Å². The van der Waals surface area contributed by atoms with Crippen molar-refractivity contribution in [3.8, 4) is 11.4 Å². The van der Waals surface area contributed by atoms with Crippen molar-refractivity contribution in [2.45, 2.75) is 106 Å². The zero-order valence-electron chi connectivity index (χ0n) is 23.1. The lowest BCUT2D eigenvalue weighted by molar-refractivity contribution is -0.211. The van der Waals surface area contributed by atoms with Crippen LogP contribution in [-0.2, 0) is 15.8 Å². The summed E-state index contributed by atoms with van der Waals surface area (Å²) in [6.07, 6.45) is 10.5. The van der Waals surface area contributed by atoms with Gasteiger partial charge in [0.05, 0.1) is 5.41 Å². The molecule has 4 bridgehead atoms. The SMILES string of the molecule is O=C(N(CC12CCC(c3nc(C4CC4)no3)(CC1)CC2)c1cccc(-c2noc(C3(O)CC3)n2)c1)C12CC(F)(C1)C2. The van der Waals surface area contributed by atoms with Gasteiger partial charge in [-0.05, 0) is 101 Å². The third-order valence-electron chi connectivity index (χ3n) is 11.4. The van der Waals surface area contributed by atoms with E-state index in [0.29, 0.717) is 50.4 Å². The zero-order valence-corrected chi connectivity index (χ0v) is 23.1. The number of carbonyl (C=O) groups is 1. The monoisotopic (exact) mass is 559 g/mol. The normalized spacial score (nSPS) is 36.0. The van der Waals surface area contributed by atoms with Gasteiger partial charge in [-0.2, -0.15) is 9.97 Å². The molecule has 8 aliphatic rings. The Morgan fingerprint density at radius 1 is 0.951 bits per heavy atom. The molecule has 2 heterocycles. The first-order valence-corrected chi connectivity index (χ1v) is 15.2. The first-order valence-electron chi connectivity index (χ1n) is 15.2. The van der Waals surface area contributed by atoms with E-state index < -0.39 is 16.7 Å². The van der Waals surface area contributed by atoms with Crippen LogP contribution in [0.3, 0.4) is 0 Å². The highest BCUT2D eigenvalue weighted by molar-refractivity contribution is 6.00. The van der Waals surface area contributed by atoms with E-state index >= 15 is 0 Å². The van der Waals surface area contributed by atoms with Gasteiger partial charge >= 0.3 is 0 Å². The number of nitrogens with zero attached hydrogens (tertiary/aromatic N) is 5. The Balaban J connectivity index is 0.998. The van der Waals surface area contributed by atoms with E-state index in [4.69, 9.17) is 14.0 Å². The minimum Gasteiger partial charge on any atom is -0.380 e. The Hall–Kier alpha value is -3.14. The number of alkyl halides is 1. The highest BCUT2D eigenvalue weighted by atomic mass is 19.1. The van der Waals surface area contributed by atoms with Crippen molar-refractivity contribution in [2.24, 2.45) is 10.8 Å². The molecule has 0 radical (unpaired) electrons. The van der Waals surface area contributed by atoms with Gasteiger partial charge in [-0.25, -0.2) is 4.39 Å². The van der Waals surface area contributed by atoms with Crippen LogP contribution in [0.2, 0.25) is 0 Å². The lowest BCUT2D eigenvalue weighted by atomic mass is 9.41. The fourth-order valence-corrected chi connectivity index (χ4v) is 8.25. The number of rotatable bonds is 8. The summed E-state index contributed by atoms with van der Waals surface area (Å²) >= 11 is 0. The van der Waals surface area contributed by atoms with Crippen molar-refractivity contribution >= 4 is 11.6 Å². The van der Waals surface area contributed by atoms with Crippen LogP contribution in [-0.4, -0.2) is 43.5 Å². The number of carbonyl (C=O) groups excluding carboxylic acids is 1. The zero-order chi connectivity index (χ0) is 27.7. The van der Waals surface area contributed by atoms with Crippen molar-refractivity contribution < 1.29 is 23.3 Å². The second-order valence-corrected chi connectivity index (χ2v) is 14.4. The molecule has 8 saturated carbocycles. The number of benzene rings is 1. The van der Waals surface area contributed by atoms with Crippen LogP contribution in [0.1, 0.15) is 107 Å². The Morgan fingerprint density at radius 2 is 1.66 bits per heavy atom. The first-order chi connectivity index (χ1) is 19.7. The molecule has 0 atom stereocenters. The predicted octanol–water partition coefficient (Wildman–Crippen LogP) is 5.50. The van der Waals surface area contributed by atoms with Crippen molar-refractivity contribution in [2.75, 3.05) is 11.4 Å². The van der Waals surface area contributed by atoms with E-state index in [1.54, 1.807) is 0 Å². The second kappa shape index (κ2) is 7.82. The molecule has 2 aromatic heterocycles. The average Bonchev–Trinajstić information content (AvgIpc) is 3.83. The van der Waals surface area contributed by atoms with Crippen LogP contribution in [0.25, 0.3) is 11.4 Å². The van der Waals surface area contributed by atoms with E-state index in [-0.39, 0.29) is 22.6 Å². The highest BCUT2D eigenvalue weighted by Crippen LogP contribution is 2.70. The molecule has 0 aliphatic heterocycles. The number of anilines is 1. The van der Waals surface area contributed by atoms with Gasteiger partial charge in [0.2, 0.25) is 17.6 Å².